The minimum Gasteiger partial charge on any atom is -0.389 e. The second-order valence-electron chi connectivity index (χ2n) is 10.1. The molecule has 1 aliphatic carbocycles. The van der Waals surface area contributed by atoms with Gasteiger partial charge in [-0.15, -0.1) is 0 Å². The molecule has 0 spiro atoms. The number of sulfone groups is 1. The Morgan fingerprint density at radius 2 is 1.38 bits per heavy atom. The van der Waals surface area contributed by atoms with E-state index in [1.54, 1.807) is 12.1 Å². The number of nitrogens with zero attached hydrogens (tertiary/aromatic N) is 2. The van der Waals surface area contributed by atoms with Gasteiger partial charge in [0, 0.05) is 44.7 Å². The highest BCUT2D eigenvalue weighted by molar-refractivity contribution is 7.90. The Morgan fingerprint density at radius 3 is 1.88 bits per heavy atom. The van der Waals surface area contributed by atoms with Crippen LogP contribution in [0.1, 0.15) is 39.5 Å². The second kappa shape index (κ2) is 10.4. The SMILES string of the molecule is CC1(C)CCC(O)(CN2CCN(c3cccc(S(C)(=O)=O)c3)CC2)CC1.c1ccccc1. The third-order valence-corrected chi connectivity index (χ3v) is 7.81. The molecule has 4 rings (SSSR count). The van der Waals surface area contributed by atoms with Gasteiger partial charge in [-0.25, -0.2) is 8.42 Å². The van der Waals surface area contributed by atoms with Gasteiger partial charge in [-0.05, 0) is 49.3 Å². The van der Waals surface area contributed by atoms with E-state index in [0.29, 0.717) is 10.3 Å². The first kappa shape index (κ1) is 24.7. The van der Waals surface area contributed by atoms with Crippen LogP contribution >= 0.6 is 0 Å². The lowest BCUT2D eigenvalue weighted by Gasteiger charge is -2.44. The van der Waals surface area contributed by atoms with Crippen molar-refractivity contribution in [2.75, 3.05) is 43.9 Å². The maximum Gasteiger partial charge on any atom is 0.175 e. The second-order valence-corrected chi connectivity index (χ2v) is 12.1. The van der Waals surface area contributed by atoms with Crippen LogP contribution in [-0.4, -0.2) is 63.0 Å². The molecule has 32 heavy (non-hydrogen) atoms. The van der Waals surface area contributed by atoms with Gasteiger partial charge in [0.25, 0.3) is 0 Å². The summed E-state index contributed by atoms with van der Waals surface area (Å²) in [7, 11) is -3.18. The van der Waals surface area contributed by atoms with Gasteiger partial charge in [-0.3, -0.25) is 4.90 Å². The van der Waals surface area contributed by atoms with Gasteiger partial charge in [0.2, 0.25) is 0 Å². The van der Waals surface area contributed by atoms with Crippen LogP contribution in [-0.2, 0) is 9.84 Å². The van der Waals surface area contributed by atoms with Gasteiger partial charge in [0.15, 0.2) is 9.84 Å². The van der Waals surface area contributed by atoms with Crippen molar-refractivity contribution in [2.24, 2.45) is 5.41 Å². The number of anilines is 1. The summed E-state index contributed by atoms with van der Waals surface area (Å²) in [6.45, 7) is 8.83. The maximum atomic E-state index is 11.8. The van der Waals surface area contributed by atoms with Crippen molar-refractivity contribution >= 4 is 15.5 Å². The van der Waals surface area contributed by atoms with Crippen LogP contribution in [0.3, 0.4) is 0 Å². The summed E-state index contributed by atoms with van der Waals surface area (Å²) >= 11 is 0. The van der Waals surface area contributed by atoms with E-state index >= 15 is 0 Å². The van der Waals surface area contributed by atoms with E-state index in [1.807, 2.05) is 48.5 Å². The first-order chi connectivity index (χ1) is 15.1. The van der Waals surface area contributed by atoms with Gasteiger partial charge < -0.3 is 10.0 Å². The molecule has 0 aromatic heterocycles. The third kappa shape index (κ3) is 7.32. The minimum absolute atomic E-state index is 0.357. The first-order valence-electron chi connectivity index (χ1n) is 11.6. The van der Waals surface area contributed by atoms with Crippen molar-refractivity contribution in [3.63, 3.8) is 0 Å². The molecule has 0 bridgehead atoms. The molecule has 0 radical (unpaired) electrons. The van der Waals surface area contributed by atoms with Crippen molar-refractivity contribution in [1.82, 2.24) is 4.90 Å². The molecule has 2 fully saturated rings. The summed E-state index contributed by atoms with van der Waals surface area (Å²) in [5.41, 5.74) is 0.773. The molecule has 0 atom stereocenters. The zero-order valence-electron chi connectivity index (χ0n) is 19.7. The smallest absolute Gasteiger partial charge is 0.175 e. The lowest BCUT2D eigenvalue weighted by atomic mass is 9.71. The van der Waals surface area contributed by atoms with Crippen molar-refractivity contribution in [2.45, 2.75) is 50.0 Å². The summed E-state index contributed by atoms with van der Waals surface area (Å²) in [6, 6.07) is 19.2. The standard InChI is InChI=1S/C20H32N2O3S.C6H6/c1-19(2)7-9-20(23,10-8-19)16-21-11-13-22(14-12-21)17-5-4-6-18(15-17)26(3,24)25;1-2-4-6-5-3-1/h4-6,15,23H,7-14,16H2,1-3H3;1-6H. The first-order valence-corrected chi connectivity index (χ1v) is 13.5. The predicted molar refractivity (Wildman–Crippen MR) is 132 cm³/mol. The molecule has 176 valence electrons. The van der Waals surface area contributed by atoms with E-state index in [9.17, 15) is 13.5 Å². The van der Waals surface area contributed by atoms with Gasteiger partial charge in [0.1, 0.15) is 0 Å². The molecule has 1 saturated heterocycles. The number of hydrogen-bond acceptors (Lipinski definition) is 5. The average molecular weight is 459 g/mol. The number of hydrogen-bond donors (Lipinski definition) is 1. The molecule has 1 N–H and O–H groups in total. The number of piperazine rings is 1. The van der Waals surface area contributed by atoms with E-state index in [-0.39, 0.29) is 0 Å². The van der Waals surface area contributed by atoms with E-state index in [4.69, 9.17) is 0 Å². The van der Waals surface area contributed by atoms with Gasteiger partial charge >= 0.3 is 0 Å². The summed E-state index contributed by atoms with van der Waals surface area (Å²) < 4.78 is 23.5. The molecule has 2 aromatic carbocycles. The summed E-state index contributed by atoms with van der Waals surface area (Å²) in [5, 5.41) is 10.9. The Balaban J connectivity index is 0.000000416. The molecule has 0 unspecified atom stereocenters. The van der Waals surface area contributed by atoms with E-state index < -0.39 is 15.4 Å². The van der Waals surface area contributed by atoms with E-state index in [0.717, 1.165) is 64.1 Å². The predicted octanol–water partition coefficient (Wildman–Crippen LogP) is 4.23. The van der Waals surface area contributed by atoms with Crippen molar-refractivity contribution < 1.29 is 13.5 Å². The molecule has 0 amide bonds. The number of benzene rings is 2. The Labute approximate surface area is 194 Å². The molecule has 5 nitrogen and oxygen atoms in total. The van der Waals surface area contributed by atoms with Crippen LogP contribution in [0, 0.1) is 5.41 Å². The molecule has 6 heteroatoms. The van der Waals surface area contributed by atoms with E-state index in [2.05, 4.69) is 23.6 Å². The highest BCUT2D eigenvalue weighted by Gasteiger charge is 2.38. The Kier molecular flexibility index (Phi) is 8.01. The Bertz CT molecular complexity index is 915. The fraction of sp³-hybridized carbons (Fsp3) is 0.538. The van der Waals surface area contributed by atoms with Crippen molar-refractivity contribution in [3.8, 4) is 0 Å². The number of β-amino-alcohol motifs (C(OH)–C–C–N with tert-alkyl or cyclic N) is 1. The highest BCUT2D eigenvalue weighted by Crippen LogP contribution is 2.40. The largest absolute Gasteiger partial charge is 0.389 e. The topological polar surface area (TPSA) is 60.9 Å². The monoisotopic (exact) mass is 458 g/mol. The quantitative estimate of drug-likeness (QED) is 0.743. The van der Waals surface area contributed by atoms with Crippen LogP contribution in [0.2, 0.25) is 0 Å². The molecule has 1 heterocycles. The van der Waals surface area contributed by atoms with Crippen LogP contribution in [0.5, 0.6) is 0 Å². The van der Waals surface area contributed by atoms with Crippen LogP contribution < -0.4 is 4.90 Å². The molecule has 2 aromatic rings. The third-order valence-electron chi connectivity index (χ3n) is 6.70. The lowest BCUT2D eigenvalue weighted by molar-refractivity contribution is -0.0502. The average Bonchev–Trinajstić information content (AvgIpc) is 2.78. The zero-order chi connectivity index (χ0) is 23.2. The Hall–Kier alpha value is -1.89. The van der Waals surface area contributed by atoms with Gasteiger partial charge in [-0.2, -0.15) is 0 Å². The lowest BCUT2D eigenvalue weighted by Crippen LogP contribution is -2.53. The van der Waals surface area contributed by atoms with Gasteiger partial charge in [-0.1, -0.05) is 56.3 Å². The van der Waals surface area contributed by atoms with Crippen molar-refractivity contribution in [1.29, 1.82) is 0 Å². The molecular formula is C26H38N2O3S. The summed E-state index contributed by atoms with van der Waals surface area (Å²) in [6.07, 6.45) is 5.19. The van der Waals surface area contributed by atoms with E-state index in [1.165, 1.54) is 6.26 Å². The van der Waals surface area contributed by atoms with Crippen LogP contribution in [0.15, 0.2) is 65.6 Å². The van der Waals surface area contributed by atoms with Crippen LogP contribution in [0.25, 0.3) is 0 Å². The Morgan fingerprint density at radius 1 is 0.844 bits per heavy atom. The van der Waals surface area contributed by atoms with Crippen LogP contribution in [0.4, 0.5) is 5.69 Å². The molecule has 1 aliphatic heterocycles. The molecular weight excluding hydrogens is 420 g/mol. The maximum absolute atomic E-state index is 11.8. The fourth-order valence-electron chi connectivity index (χ4n) is 4.43. The summed E-state index contributed by atoms with van der Waals surface area (Å²) in [4.78, 5) is 4.96. The zero-order valence-corrected chi connectivity index (χ0v) is 20.5. The molecule has 1 saturated carbocycles. The van der Waals surface area contributed by atoms with Crippen molar-refractivity contribution in [3.05, 3.63) is 60.7 Å². The summed E-state index contributed by atoms with van der Waals surface area (Å²) in [5.74, 6) is 0. The minimum atomic E-state index is -3.18. The number of aliphatic hydroxyl groups is 1. The van der Waals surface area contributed by atoms with Gasteiger partial charge in [0.05, 0.1) is 10.5 Å². The number of rotatable bonds is 4. The highest BCUT2D eigenvalue weighted by atomic mass is 32.2. The normalized spacial score (nSPS) is 20.8. The fourth-order valence-corrected chi connectivity index (χ4v) is 5.09. The molecule has 2 aliphatic rings.